The molecule has 3 aromatic heterocycles. The average Bonchev–Trinajstić information content (AvgIpc) is 3.43. The molecule has 1 N–H and O–H groups in total. The van der Waals surface area contributed by atoms with Crippen molar-refractivity contribution in [2.24, 2.45) is 0 Å². The molecule has 0 radical (unpaired) electrons. The third-order valence-corrected chi connectivity index (χ3v) is 5.37. The van der Waals surface area contributed by atoms with Crippen LogP contribution in [0, 0.1) is 0 Å². The normalized spacial score (nSPS) is 14.7. The van der Waals surface area contributed by atoms with E-state index in [1.807, 2.05) is 47.5 Å². The van der Waals surface area contributed by atoms with Crippen LogP contribution in [0.5, 0.6) is 0 Å². The highest BCUT2D eigenvalue weighted by Crippen LogP contribution is 2.27. The Labute approximate surface area is 166 Å². The van der Waals surface area contributed by atoms with Crippen LogP contribution in [0.4, 0.5) is 5.95 Å². The molecule has 0 amide bonds. The first-order valence-electron chi connectivity index (χ1n) is 9.05. The van der Waals surface area contributed by atoms with Gasteiger partial charge in [0, 0.05) is 41.9 Å². The van der Waals surface area contributed by atoms with Crippen molar-refractivity contribution < 1.29 is 4.74 Å². The predicted octanol–water partition coefficient (Wildman–Crippen LogP) is 2.76. The number of anilines is 1. The van der Waals surface area contributed by atoms with Crippen molar-refractivity contribution in [1.29, 1.82) is 0 Å². The molecule has 1 aliphatic heterocycles. The first-order valence-corrected chi connectivity index (χ1v) is 10.3. The molecule has 1 aliphatic rings. The van der Waals surface area contributed by atoms with E-state index in [9.17, 15) is 0 Å². The molecule has 5 rings (SSSR count). The minimum Gasteiger partial charge on any atom is -0.378 e. The zero-order valence-corrected chi connectivity index (χ0v) is 16.2. The number of H-pyrrole nitrogens is 1. The number of imidazole rings is 1. The largest absolute Gasteiger partial charge is 0.378 e. The molecular weight excluding hydrogens is 374 g/mol. The standard InChI is InChI=1S/C19H19N7OS/c1-28-16-11-26(12-21-16)19-23-17(14-3-2-4-15-13(14)5-6-20-15)22-18(24-19)25-7-9-27-10-8-25/h2-6,11-12,20H,7-10H2,1H3. The number of aromatic nitrogens is 6. The van der Waals surface area contributed by atoms with Crippen LogP contribution >= 0.6 is 11.8 Å². The van der Waals surface area contributed by atoms with Gasteiger partial charge in [0.15, 0.2) is 5.82 Å². The number of rotatable bonds is 4. The number of nitrogens with zero attached hydrogens (tertiary/aromatic N) is 6. The Morgan fingerprint density at radius 2 is 1.93 bits per heavy atom. The van der Waals surface area contributed by atoms with Gasteiger partial charge in [0.1, 0.15) is 11.4 Å². The van der Waals surface area contributed by atoms with Crippen LogP contribution in [0.25, 0.3) is 28.2 Å². The molecule has 0 unspecified atom stereocenters. The van der Waals surface area contributed by atoms with Crippen molar-refractivity contribution in [3.05, 3.63) is 43.0 Å². The molecule has 0 spiro atoms. The van der Waals surface area contributed by atoms with Crippen molar-refractivity contribution in [1.82, 2.24) is 29.5 Å². The topological polar surface area (TPSA) is 84.8 Å². The predicted molar refractivity (Wildman–Crippen MR) is 109 cm³/mol. The highest BCUT2D eigenvalue weighted by molar-refractivity contribution is 7.98. The summed E-state index contributed by atoms with van der Waals surface area (Å²) in [6.45, 7) is 2.87. The van der Waals surface area contributed by atoms with Crippen molar-refractivity contribution in [2.45, 2.75) is 5.03 Å². The Morgan fingerprint density at radius 1 is 1.07 bits per heavy atom. The van der Waals surface area contributed by atoms with Gasteiger partial charge >= 0.3 is 0 Å². The molecule has 142 valence electrons. The van der Waals surface area contributed by atoms with E-state index in [1.54, 1.807) is 18.1 Å². The summed E-state index contributed by atoms with van der Waals surface area (Å²) in [4.78, 5) is 24.1. The first-order chi connectivity index (χ1) is 13.8. The van der Waals surface area contributed by atoms with Crippen LogP contribution in [0.1, 0.15) is 0 Å². The maximum absolute atomic E-state index is 5.48. The Morgan fingerprint density at radius 3 is 2.75 bits per heavy atom. The van der Waals surface area contributed by atoms with E-state index >= 15 is 0 Å². The lowest BCUT2D eigenvalue weighted by molar-refractivity contribution is 0.122. The van der Waals surface area contributed by atoms with E-state index < -0.39 is 0 Å². The molecule has 4 aromatic rings. The van der Waals surface area contributed by atoms with E-state index in [4.69, 9.17) is 19.7 Å². The van der Waals surface area contributed by atoms with Gasteiger partial charge in [-0.25, -0.2) is 4.98 Å². The molecule has 8 nitrogen and oxygen atoms in total. The maximum atomic E-state index is 5.48. The zero-order chi connectivity index (χ0) is 18.9. The molecule has 4 heterocycles. The van der Waals surface area contributed by atoms with Crippen LogP contribution in [-0.2, 0) is 4.74 Å². The van der Waals surface area contributed by atoms with Gasteiger partial charge in [-0.2, -0.15) is 15.0 Å². The lowest BCUT2D eigenvalue weighted by atomic mass is 10.1. The smallest absolute Gasteiger partial charge is 0.240 e. The summed E-state index contributed by atoms with van der Waals surface area (Å²) < 4.78 is 7.33. The van der Waals surface area contributed by atoms with Crippen LogP contribution in [-0.4, -0.2) is 62.0 Å². The second-order valence-corrected chi connectivity index (χ2v) is 7.25. The molecule has 9 heteroatoms. The summed E-state index contributed by atoms with van der Waals surface area (Å²) in [7, 11) is 0. The van der Waals surface area contributed by atoms with Crippen molar-refractivity contribution in [3.63, 3.8) is 0 Å². The molecule has 0 aliphatic carbocycles. The Hall–Kier alpha value is -2.91. The minimum absolute atomic E-state index is 0.562. The lowest BCUT2D eigenvalue weighted by Crippen LogP contribution is -2.37. The Kier molecular flexibility index (Phi) is 4.46. The number of benzene rings is 1. The van der Waals surface area contributed by atoms with Crippen molar-refractivity contribution in [3.8, 4) is 17.3 Å². The number of hydrogen-bond acceptors (Lipinski definition) is 7. The summed E-state index contributed by atoms with van der Waals surface area (Å²) in [5, 5.41) is 2.01. The number of thioether (sulfide) groups is 1. The van der Waals surface area contributed by atoms with Gasteiger partial charge in [0.25, 0.3) is 0 Å². The van der Waals surface area contributed by atoms with Gasteiger partial charge in [-0.15, -0.1) is 11.8 Å². The lowest BCUT2D eigenvalue weighted by Gasteiger charge is -2.27. The molecule has 0 saturated carbocycles. The average molecular weight is 393 g/mol. The fraction of sp³-hybridized carbons (Fsp3) is 0.263. The monoisotopic (exact) mass is 393 g/mol. The molecule has 1 fully saturated rings. The third kappa shape index (κ3) is 3.12. The number of nitrogens with one attached hydrogen (secondary N) is 1. The molecule has 0 atom stereocenters. The summed E-state index contributed by atoms with van der Waals surface area (Å²) in [6, 6.07) is 8.14. The van der Waals surface area contributed by atoms with E-state index in [1.165, 1.54) is 0 Å². The highest BCUT2D eigenvalue weighted by atomic mass is 32.2. The minimum atomic E-state index is 0.562. The number of morpholine rings is 1. The van der Waals surface area contributed by atoms with E-state index in [0.717, 1.165) is 34.6 Å². The van der Waals surface area contributed by atoms with E-state index in [0.29, 0.717) is 30.9 Å². The maximum Gasteiger partial charge on any atom is 0.240 e. The van der Waals surface area contributed by atoms with Gasteiger partial charge in [-0.1, -0.05) is 12.1 Å². The summed E-state index contributed by atoms with van der Waals surface area (Å²) in [5.74, 6) is 1.87. The van der Waals surface area contributed by atoms with Crippen LogP contribution in [0.15, 0.2) is 48.0 Å². The fourth-order valence-corrected chi connectivity index (χ4v) is 3.67. The molecule has 28 heavy (non-hydrogen) atoms. The molecule has 1 saturated heterocycles. The second-order valence-electron chi connectivity index (χ2n) is 6.43. The van der Waals surface area contributed by atoms with Gasteiger partial charge in [0.05, 0.1) is 13.2 Å². The summed E-state index contributed by atoms with van der Waals surface area (Å²) >= 11 is 1.59. The number of hydrogen-bond donors (Lipinski definition) is 1. The molecular formula is C19H19N7OS. The van der Waals surface area contributed by atoms with Crippen LogP contribution in [0.2, 0.25) is 0 Å². The zero-order valence-electron chi connectivity index (χ0n) is 15.4. The number of fused-ring (bicyclic) bond motifs is 1. The summed E-state index contributed by atoms with van der Waals surface area (Å²) in [6.07, 6.45) is 7.60. The number of ether oxygens (including phenoxy) is 1. The number of aromatic amines is 1. The third-order valence-electron chi connectivity index (χ3n) is 4.74. The van der Waals surface area contributed by atoms with Gasteiger partial charge in [0.2, 0.25) is 11.9 Å². The van der Waals surface area contributed by atoms with Gasteiger partial charge < -0.3 is 14.6 Å². The first kappa shape index (κ1) is 17.2. The summed E-state index contributed by atoms with van der Waals surface area (Å²) in [5.41, 5.74) is 2.03. The molecule has 0 bridgehead atoms. The van der Waals surface area contributed by atoms with Gasteiger partial charge in [-0.05, 0) is 18.4 Å². The van der Waals surface area contributed by atoms with E-state index in [2.05, 4.69) is 14.9 Å². The quantitative estimate of drug-likeness (QED) is 0.534. The van der Waals surface area contributed by atoms with E-state index in [-0.39, 0.29) is 0 Å². The van der Waals surface area contributed by atoms with Crippen molar-refractivity contribution in [2.75, 3.05) is 37.5 Å². The highest BCUT2D eigenvalue weighted by Gasteiger charge is 2.19. The van der Waals surface area contributed by atoms with Crippen LogP contribution < -0.4 is 4.90 Å². The Balaban J connectivity index is 1.67. The fourth-order valence-electron chi connectivity index (χ4n) is 3.29. The van der Waals surface area contributed by atoms with Gasteiger partial charge in [-0.3, -0.25) is 4.57 Å². The molecule has 1 aromatic carbocycles. The van der Waals surface area contributed by atoms with Crippen molar-refractivity contribution >= 4 is 28.6 Å². The SMILES string of the molecule is CSc1cn(-c2nc(-c3cccc4[nH]ccc34)nc(N3CCOCC3)n2)cn1. The van der Waals surface area contributed by atoms with Crippen LogP contribution in [0.3, 0.4) is 0 Å². The second kappa shape index (κ2) is 7.25. The Bertz CT molecular complexity index is 1120.